The summed E-state index contributed by atoms with van der Waals surface area (Å²) in [6.45, 7) is 0. The van der Waals surface area contributed by atoms with Crippen molar-refractivity contribution >= 4 is 106 Å². The molecule has 2 aliphatic rings. The molecule has 0 aliphatic carbocycles. The van der Waals surface area contributed by atoms with Gasteiger partial charge in [-0.2, -0.15) is 0 Å². The Morgan fingerprint density at radius 2 is 1.14 bits per heavy atom. The molecule has 116 valence electrons. The van der Waals surface area contributed by atoms with E-state index in [0.29, 0.717) is 5.21 Å². The summed E-state index contributed by atoms with van der Waals surface area (Å²) in [4.78, 5) is 0. The Kier molecular flexibility index (Phi) is 9.35. The standard InChI is InChI=1S/C12H13ClS8/c1-14-9-10(15-2)19-7(18-9)4-5-8-20-11(16-3)12(21-8)17-6-13/h4-5H,6H2,1-3H3. The van der Waals surface area contributed by atoms with Crippen LogP contribution in [0.2, 0.25) is 0 Å². The topological polar surface area (TPSA) is 0 Å². The minimum atomic E-state index is 0.616. The predicted molar refractivity (Wildman–Crippen MR) is 119 cm³/mol. The zero-order valence-corrected chi connectivity index (χ0v) is 18.8. The molecule has 21 heavy (non-hydrogen) atoms. The molecule has 0 bridgehead atoms. The van der Waals surface area contributed by atoms with Crippen LogP contribution >= 0.6 is 106 Å². The molecule has 9 heteroatoms. The van der Waals surface area contributed by atoms with Crippen LogP contribution in [0, 0.1) is 0 Å². The van der Waals surface area contributed by atoms with Gasteiger partial charge in [-0.1, -0.05) is 47.0 Å². The van der Waals surface area contributed by atoms with Gasteiger partial charge in [-0.05, 0) is 30.9 Å². The summed E-state index contributed by atoms with van der Waals surface area (Å²) in [6, 6.07) is 0. The first-order valence-corrected chi connectivity index (χ1v) is 14.1. The number of hydrogen-bond donors (Lipinski definition) is 0. The molecule has 0 spiro atoms. The van der Waals surface area contributed by atoms with Gasteiger partial charge in [-0.25, -0.2) is 0 Å². The molecule has 0 aromatic heterocycles. The summed E-state index contributed by atoms with van der Waals surface area (Å²) in [6.07, 6.45) is 10.9. The maximum Gasteiger partial charge on any atom is 0.0733 e. The Morgan fingerprint density at radius 3 is 1.52 bits per heavy atom. The van der Waals surface area contributed by atoms with Crippen molar-refractivity contribution in [3.63, 3.8) is 0 Å². The molecule has 0 radical (unpaired) electrons. The smallest absolute Gasteiger partial charge is 0.0733 e. The van der Waals surface area contributed by atoms with Crippen molar-refractivity contribution in [3.05, 3.63) is 37.6 Å². The Bertz CT molecular complexity index is 501. The fourth-order valence-corrected chi connectivity index (χ4v) is 11.5. The Morgan fingerprint density at radius 1 is 0.762 bits per heavy atom. The van der Waals surface area contributed by atoms with E-state index in [1.165, 1.54) is 25.4 Å². The summed E-state index contributed by atoms with van der Waals surface area (Å²) in [5.41, 5.74) is 0. The molecule has 0 saturated heterocycles. The van der Waals surface area contributed by atoms with Gasteiger partial charge in [0.1, 0.15) is 0 Å². The maximum absolute atomic E-state index is 5.84. The van der Waals surface area contributed by atoms with Gasteiger partial charge in [0.2, 0.25) is 0 Å². The first kappa shape index (κ1) is 19.4. The van der Waals surface area contributed by atoms with Crippen molar-refractivity contribution in [2.75, 3.05) is 24.0 Å². The third kappa shape index (κ3) is 5.53. The van der Waals surface area contributed by atoms with Crippen LogP contribution in [0.25, 0.3) is 0 Å². The van der Waals surface area contributed by atoms with Gasteiger partial charge in [-0.3, -0.25) is 0 Å². The fraction of sp³-hybridized carbons (Fsp3) is 0.333. The van der Waals surface area contributed by atoms with Crippen molar-refractivity contribution in [3.8, 4) is 0 Å². The third-order valence-electron chi connectivity index (χ3n) is 2.20. The van der Waals surface area contributed by atoms with Crippen LogP contribution < -0.4 is 0 Å². The monoisotopic (exact) mass is 448 g/mol. The van der Waals surface area contributed by atoms with Gasteiger partial charge in [-0.15, -0.1) is 58.6 Å². The van der Waals surface area contributed by atoms with E-state index >= 15 is 0 Å². The maximum atomic E-state index is 5.84. The van der Waals surface area contributed by atoms with Gasteiger partial charge in [0.15, 0.2) is 0 Å². The van der Waals surface area contributed by atoms with E-state index < -0.39 is 0 Å². The van der Waals surface area contributed by atoms with Crippen LogP contribution in [0.4, 0.5) is 0 Å². The second kappa shape index (κ2) is 10.1. The molecule has 0 unspecified atom stereocenters. The van der Waals surface area contributed by atoms with E-state index in [-0.39, 0.29) is 0 Å². The lowest BCUT2D eigenvalue weighted by atomic mass is 10.6. The largest absolute Gasteiger partial charge is 0.121 e. The van der Waals surface area contributed by atoms with Gasteiger partial charge in [0, 0.05) is 0 Å². The van der Waals surface area contributed by atoms with Crippen LogP contribution in [0.5, 0.6) is 0 Å². The van der Waals surface area contributed by atoms with Crippen LogP contribution in [-0.4, -0.2) is 24.0 Å². The SMILES string of the molecule is CSC1=C(SC)SC(=CC=C2SC(SC)=C(SCCl)S2)S1. The first-order chi connectivity index (χ1) is 10.2. The minimum absolute atomic E-state index is 0.616. The lowest BCUT2D eigenvalue weighted by Gasteiger charge is -1.97. The molecule has 0 amide bonds. The molecule has 0 fully saturated rings. The summed E-state index contributed by atoms with van der Waals surface area (Å²) in [7, 11) is 0. The average molecular weight is 449 g/mol. The number of rotatable bonds is 6. The molecule has 0 atom stereocenters. The van der Waals surface area contributed by atoms with Gasteiger partial charge in [0.05, 0.1) is 30.6 Å². The molecule has 0 N–H and O–H groups in total. The number of hydrogen-bond acceptors (Lipinski definition) is 8. The third-order valence-corrected chi connectivity index (χ3v) is 12.6. The van der Waals surface area contributed by atoms with E-state index in [1.54, 1.807) is 23.5 Å². The van der Waals surface area contributed by atoms with Crippen molar-refractivity contribution in [1.82, 2.24) is 0 Å². The van der Waals surface area contributed by atoms with Crippen LogP contribution in [-0.2, 0) is 0 Å². The minimum Gasteiger partial charge on any atom is -0.121 e. The Balaban J connectivity index is 2.00. The summed E-state index contributed by atoms with van der Waals surface area (Å²) in [5, 5.41) is 0.616. The number of halogens is 1. The Hall–Kier alpha value is 2.05. The molecular formula is C12H13ClS8. The predicted octanol–water partition coefficient (Wildman–Crippen LogP) is 7.90. The van der Waals surface area contributed by atoms with Crippen LogP contribution in [0.15, 0.2) is 37.6 Å². The van der Waals surface area contributed by atoms with E-state index in [1.807, 2.05) is 70.6 Å². The highest BCUT2D eigenvalue weighted by atomic mass is 35.5. The number of alkyl halides is 1. The highest BCUT2D eigenvalue weighted by molar-refractivity contribution is 8.41. The average Bonchev–Trinajstić information content (AvgIpc) is 3.08. The van der Waals surface area contributed by atoms with Crippen LogP contribution in [0.3, 0.4) is 0 Å². The van der Waals surface area contributed by atoms with Crippen molar-refractivity contribution in [2.45, 2.75) is 0 Å². The first-order valence-electron chi connectivity index (χ1n) is 5.64. The van der Waals surface area contributed by atoms with Gasteiger partial charge in [0.25, 0.3) is 0 Å². The second-order valence-electron chi connectivity index (χ2n) is 3.40. The van der Waals surface area contributed by atoms with E-state index in [0.717, 1.165) is 0 Å². The van der Waals surface area contributed by atoms with E-state index in [4.69, 9.17) is 11.6 Å². The van der Waals surface area contributed by atoms with Crippen molar-refractivity contribution < 1.29 is 0 Å². The van der Waals surface area contributed by atoms with Crippen molar-refractivity contribution in [1.29, 1.82) is 0 Å². The number of allylic oxidation sites excluding steroid dienone is 2. The molecular weight excluding hydrogens is 436 g/mol. The summed E-state index contributed by atoms with van der Waals surface area (Å²) < 4.78 is 8.25. The van der Waals surface area contributed by atoms with Crippen molar-refractivity contribution in [2.24, 2.45) is 0 Å². The zero-order chi connectivity index (χ0) is 15.2. The van der Waals surface area contributed by atoms with E-state index in [2.05, 4.69) is 30.9 Å². The summed E-state index contributed by atoms with van der Waals surface area (Å²) >= 11 is 20.5. The normalized spacial score (nSPS) is 21.1. The van der Waals surface area contributed by atoms with Gasteiger partial charge < -0.3 is 0 Å². The summed E-state index contributed by atoms with van der Waals surface area (Å²) in [5.74, 6) is 0. The Labute approximate surface area is 165 Å². The molecule has 0 aromatic carbocycles. The molecule has 2 heterocycles. The fourth-order valence-electron chi connectivity index (χ4n) is 1.36. The lowest BCUT2D eigenvalue weighted by molar-refractivity contribution is 2.05. The van der Waals surface area contributed by atoms with Crippen LogP contribution in [0.1, 0.15) is 0 Å². The van der Waals surface area contributed by atoms with Gasteiger partial charge >= 0.3 is 0 Å². The second-order valence-corrected chi connectivity index (χ2v) is 13.2. The molecule has 2 aliphatic heterocycles. The highest BCUT2D eigenvalue weighted by Gasteiger charge is 2.22. The molecule has 0 aromatic rings. The molecule has 0 nitrogen and oxygen atoms in total. The zero-order valence-electron chi connectivity index (χ0n) is 11.5. The highest BCUT2D eigenvalue weighted by Crippen LogP contribution is 2.58. The molecule has 0 saturated carbocycles. The lowest BCUT2D eigenvalue weighted by Crippen LogP contribution is -1.67. The van der Waals surface area contributed by atoms with E-state index in [9.17, 15) is 0 Å². The molecule has 2 rings (SSSR count). The number of thioether (sulfide) groups is 8. The quantitative estimate of drug-likeness (QED) is 0.371.